The van der Waals surface area contributed by atoms with Crippen molar-refractivity contribution in [3.05, 3.63) is 47.5 Å². The minimum atomic E-state index is -0.697. The highest BCUT2D eigenvalue weighted by Crippen LogP contribution is 2.29. The van der Waals surface area contributed by atoms with Gasteiger partial charge in [-0.15, -0.1) is 0 Å². The molecule has 0 aliphatic rings. The number of Topliss-reactive ketones (excluding diaryl/α,β-unsaturated/α-hetero) is 1. The fourth-order valence-corrected chi connectivity index (χ4v) is 2.55. The molecule has 0 unspecified atom stereocenters. The van der Waals surface area contributed by atoms with E-state index < -0.39 is 5.97 Å². The number of ketones is 1. The first-order valence-corrected chi connectivity index (χ1v) is 8.89. The number of amides is 1. The number of carbonyl (C=O) groups is 3. The first kappa shape index (κ1) is 21.7. The number of para-hydroxylation sites is 1. The normalized spacial score (nSPS) is 10.2. The van der Waals surface area contributed by atoms with Crippen LogP contribution in [-0.2, 0) is 9.53 Å². The van der Waals surface area contributed by atoms with Gasteiger partial charge in [0.2, 0.25) is 5.91 Å². The van der Waals surface area contributed by atoms with Gasteiger partial charge in [-0.1, -0.05) is 6.07 Å². The Morgan fingerprint density at radius 3 is 2.48 bits per heavy atom. The summed E-state index contributed by atoms with van der Waals surface area (Å²) in [5, 5.41) is 12.7. The van der Waals surface area contributed by atoms with E-state index >= 15 is 0 Å². The van der Waals surface area contributed by atoms with Crippen molar-refractivity contribution in [1.29, 1.82) is 0 Å². The summed E-state index contributed by atoms with van der Waals surface area (Å²) in [6.07, 6.45) is 0.538. The van der Waals surface area contributed by atoms with Crippen LogP contribution in [0.1, 0.15) is 40.5 Å². The van der Waals surface area contributed by atoms with Crippen molar-refractivity contribution in [2.75, 3.05) is 26.1 Å². The lowest BCUT2D eigenvalue weighted by molar-refractivity contribution is -0.116. The van der Waals surface area contributed by atoms with E-state index in [1.807, 2.05) is 0 Å². The molecule has 0 spiro atoms. The first-order valence-electron chi connectivity index (χ1n) is 8.89. The van der Waals surface area contributed by atoms with Crippen LogP contribution in [0.2, 0.25) is 0 Å². The number of carbonyl (C=O) groups excluding carboxylic acids is 3. The van der Waals surface area contributed by atoms with E-state index in [1.54, 1.807) is 18.2 Å². The Hall–Kier alpha value is -3.55. The molecule has 8 nitrogen and oxygen atoms in total. The average molecular weight is 401 g/mol. The Kier molecular flexibility index (Phi) is 7.59. The highest BCUT2D eigenvalue weighted by atomic mass is 16.5. The molecule has 2 aromatic carbocycles. The molecule has 0 aliphatic carbocycles. The lowest BCUT2D eigenvalue weighted by atomic mass is 10.1. The van der Waals surface area contributed by atoms with Gasteiger partial charge in [-0.3, -0.25) is 9.59 Å². The van der Waals surface area contributed by atoms with E-state index in [0.717, 1.165) is 0 Å². The quantitative estimate of drug-likeness (QED) is 0.287. The zero-order chi connectivity index (χ0) is 21.4. The number of esters is 1. The molecular weight excluding hydrogens is 378 g/mol. The molecule has 0 saturated heterocycles. The maximum atomic E-state index is 12.1. The second-order valence-electron chi connectivity index (χ2n) is 6.12. The van der Waals surface area contributed by atoms with Crippen molar-refractivity contribution < 1.29 is 33.7 Å². The molecule has 0 bridgehead atoms. The third-order valence-corrected chi connectivity index (χ3v) is 4.09. The summed E-state index contributed by atoms with van der Waals surface area (Å²) in [4.78, 5) is 35.1. The Morgan fingerprint density at radius 2 is 1.83 bits per heavy atom. The Balaban J connectivity index is 1.88. The molecule has 0 heterocycles. The van der Waals surface area contributed by atoms with Crippen LogP contribution in [0.3, 0.4) is 0 Å². The van der Waals surface area contributed by atoms with Crippen LogP contribution >= 0.6 is 0 Å². The molecule has 0 radical (unpaired) electrons. The molecule has 8 heteroatoms. The van der Waals surface area contributed by atoms with E-state index in [2.05, 4.69) is 10.1 Å². The highest BCUT2D eigenvalue weighted by molar-refractivity contribution is 5.98. The maximum Gasteiger partial charge on any atom is 0.341 e. The third-order valence-electron chi connectivity index (χ3n) is 4.09. The maximum absolute atomic E-state index is 12.1. The number of aromatic hydroxyl groups is 1. The minimum absolute atomic E-state index is 0.0327. The Morgan fingerprint density at radius 1 is 1.07 bits per heavy atom. The summed E-state index contributed by atoms with van der Waals surface area (Å²) >= 11 is 0. The summed E-state index contributed by atoms with van der Waals surface area (Å²) < 4.78 is 15.4. The Labute approximate surface area is 168 Å². The molecule has 0 saturated carbocycles. The van der Waals surface area contributed by atoms with Gasteiger partial charge in [0.15, 0.2) is 23.0 Å². The van der Waals surface area contributed by atoms with Crippen molar-refractivity contribution in [3.8, 4) is 17.2 Å². The van der Waals surface area contributed by atoms with E-state index in [-0.39, 0.29) is 41.7 Å². The van der Waals surface area contributed by atoms with Crippen LogP contribution in [0, 0.1) is 0 Å². The minimum Gasteiger partial charge on any atom is -0.505 e. The predicted molar refractivity (Wildman–Crippen MR) is 106 cm³/mol. The third kappa shape index (κ3) is 5.71. The van der Waals surface area contributed by atoms with Gasteiger partial charge in [-0.2, -0.15) is 0 Å². The largest absolute Gasteiger partial charge is 0.505 e. The van der Waals surface area contributed by atoms with Gasteiger partial charge in [0.25, 0.3) is 0 Å². The summed E-state index contributed by atoms with van der Waals surface area (Å²) in [7, 11) is 2.68. The molecule has 0 fully saturated rings. The summed E-state index contributed by atoms with van der Waals surface area (Å²) in [5.41, 5.74) is 0.609. The molecular formula is C21H23NO7. The van der Waals surface area contributed by atoms with Crippen LogP contribution in [-0.4, -0.2) is 43.6 Å². The zero-order valence-corrected chi connectivity index (χ0v) is 16.5. The first-order chi connectivity index (χ1) is 13.9. The van der Waals surface area contributed by atoms with Crippen molar-refractivity contribution >= 4 is 23.3 Å². The van der Waals surface area contributed by atoms with Gasteiger partial charge < -0.3 is 24.6 Å². The smallest absolute Gasteiger partial charge is 0.341 e. The number of nitrogens with one attached hydrogen (secondary N) is 1. The molecule has 29 heavy (non-hydrogen) atoms. The van der Waals surface area contributed by atoms with Crippen molar-refractivity contribution in [3.63, 3.8) is 0 Å². The molecule has 2 N–H and O–H groups in total. The SMILES string of the molecule is COC(=O)c1cccc(NC(=O)CCCOc2ccc(C(C)=O)cc2OC)c1O. The fraction of sp³-hybridized carbons (Fsp3) is 0.286. The second kappa shape index (κ2) is 10.1. The number of hydrogen-bond donors (Lipinski definition) is 2. The van der Waals surface area contributed by atoms with Gasteiger partial charge >= 0.3 is 5.97 Å². The summed E-state index contributed by atoms with van der Waals surface area (Å²) in [6.45, 7) is 1.71. The molecule has 154 valence electrons. The number of phenolic OH excluding ortho intramolecular Hbond substituents is 1. The number of ether oxygens (including phenoxy) is 3. The van der Waals surface area contributed by atoms with Crippen LogP contribution in [0.5, 0.6) is 17.2 Å². The molecule has 1 amide bonds. The van der Waals surface area contributed by atoms with Gasteiger partial charge in [-0.25, -0.2) is 4.79 Å². The second-order valence-corrected chi connectivity index (χ2v) is 6.12. The predicted octanol–water partition coefficient (Wildman–Crippen LogP) is 3.19. The van der Waals surface area contributed by atoms with Gasteiger partial charge in [-0.05, 0) is 43.7 Å². The van der Waals surface area contributed by atoms with Crippen molar-refractivity contribution in [1.82, 2.24) is 0 Å². The Bertz CT molecular complexity index is 908. The fourth-order valence-electron chi connectivity index (χ4n) is 2.55. The van der Waals surface area contributed by atoms with Gasteiger partial charge in [0.1, 0.15) is 5.56 Å². The van der Waals surface area contributed by atoms with Gasteiger partial charge in [0.05, 0.1) is 26.5 Å². The van der Waals surface area contributed by atoms with Crippen LogP contribution in [0.4, 0.5) is 5.69 Å². The topological polar surface area (TPSA) is 111 Å². The van der Waals surface area contributed by atoms with Crippen molar-refractivity contribution in [2.24, 2.45) is 0 Å². The van der Waals surface area contributed by atoms with Crippen molar-refractivity contribution in [2.45, 2.75) is 19.8 Å². The number of methoxy groups -OCH3 is 2. The van der Waals surface area contributed by atoms with Crippen LogP contribution in [0.25, 0.3) is 0 Å². The number of phenols is 1. The molecule has 2 aromatic rings. The molecule has 0 aromatic heterocycles. The lowest BCUT2D eigenvalue weighted by Gasteiger charge is -2.12. The van der Waals surface area contributed by atoms with E-state index in [4.69, 9.17) is 9.47 Å². The molecule has 0 atom stereocenters. The van der Waals surface area contributed by atoms with E-state index in [1.165, 1.54) is 39.3 Å². The zero-order valence-electron chi connectivity index (χ0n) is 16.5. The molecule has 2 rings (SSSR count). The van der Waals surface area contributed by atoms with E-state index in [9.17, 15) is 19.5 Å². The van der Waals surface area contributed by atoms with Crippen LogP contribution < -0.4 is 14.8 Å². The average Bonchev–Trinajstić information content (AvgIpc) is 2.72. The summed E-state index contributed by atoms with van der Waals surface area (Å²) in [6, 6.07) is 9.30. The van der Waals surface area contributed by atoms with Crippen LogP contribution in [0.15, 0.2) is 36.4 Å². The highest BCUT2D eigenvalue weighted by Gasteiger charge is 2.16. The number of rotatable bonds is 9. The van der Waals surface area contributed by atoms with E-state index in [0.29, 0.717) is 23.5 Å². The number of anilines is 1. The standard InChI is InChI=1S/C21H23NO7/c1-13(23)14-9-10-17(18(12-14)27-2)29-11-5-8-19(24)22-16-7-4-6-15(20(16)25)21(26)28-3/h4,6-7,9-10,12,25H,5,8,11H2,1-3H3,(H,22,24). The monoisotopic (exact) mass is 401 g/mol. The molecule has 0 aliphatic heterocycles. The lowest BCUT2D eigenvalue weighted by Crippen LogP contribution is -2.14. The number of hydrogen-bond acceptors (Lipinski definition) is 7. The summed E-state index contributed by atoms with van der Waals surface area (Å²) in [5.74, 6) is -0.556. The van der Waals surface area contributed by atoms with Gasteiger partial charge in [0, 0.05) is 12.0 Å². The number of benzene rings is 2.